The number of esters is 1. The minimum atomic E-state index is -0.993. The lowest BCUT2D eigenvalue weighted by molar-refractivity contribution is -0.126. The van der Waals surface area contributed by atoms with Crippen molar-refractivity contribution in [2.24, 2.45) is 5.92 Å². The van der Waals surface area contributed by atoms with Gasteiger partial charge < -0.3 is 9.15 Å². The third-order valence-electron chi connectivity index (χ3n) is 6.07. The van der Waals surface area contributed by atoms with Crippen LogP contribution in [0, 0.1) is 19.8 Å². The van der Waals surface area contributed by atoms with Crippen molar-refractivity contribution in [3.05, 3.63) is 83.3 Å². The summed E-state index contributed by atoms with van der Waals surface area (Å²) in [6.45, 7) is 3.77. The van der Waals surface area contributed by atoms with Gasteiger partial charge in [0.2, 0.25) is 5.91 Å². The highest BCUT2D eigenvalue weighted by atomic mass is 16.7. The zero-order valence-electron chi connectivity index (χ0n) is 18.3. The number of ether oxygens (including phenoxy) is 1. The van der Waals surface area contributed by atoms with Crippen LogP contribution >= 0.6 is 0 Å². The van der Waals surface area contributed by atoms with Crippen LogP contribution in [0.1, 0.15) is 33.5 Å². The number of rotatable bonds is 4. The van der Waals surface area contributed by atoms with E-state index in [9.17, 15) is 14.4 Å². The highest BCUT2D eigenvalue weighted by Gasteiger charge is 2.61. The molecule has 2 fully saturated rings. The molecule has 8 nitrogen and oxygen atoms in total. The van der Waals surface area contributed by atoms with E-state index in [4.69, 9.17) is 14.0 Å². The number of carbonyl (C=O) groups excluding carboxylic acids is 3. The zero-order chi connectivity index (χ0) is 23.3. The predicted octanol–water partition coefficient (Wildman–Crippen LogP) is 3.73. The van der Waals surface area contributed by atoms with Crippen LogP contribution in [0.4, 0.5) is 11.4 Å². The van der Waals surface area contributed by atoms with Crippen LogP contribution in [0.25, 0.3) is 0 Å². The molecule has 2 aliphatic heterocycles. The summed E-state index contributed by atoms with van der Waals surface area (Å²) < 4.78 is 10.6. The van der Waals surface area contributed by atoms with Crippen molar-refractivity contribution in [1.82, 2.24) is 0 Å². The van der Waals surface area contributed by atoms with Crippen LogP contribution < -0.4 is 9.96 Å². The molecule has 0 unspecified atom stereocenters. The first-order valence-corrected chi connectivity index (χ1v) is 10.5. The summed E-state index contributed by atoms with van der Waals surface area (Å²) in [6.07, 6.45) is -0.993. The second-order valence-electron chi connectivity index (χ2n) is 8.11. The maximum absolute atomic E-state index is 13.6. The molecule has 2 amide bonds. The lowest BCUT2D eigenvalue weighted by atomic mass is 9.94. The number of hydrogen-bond acceptors (Lipinski definition) is 7. The molecule has 0 N–H and O–H groups in total. The second kappa shape index (κ2) is 7.90. The van der Waals surface area contributed by atoms with Gasteiger partial charge in [-0.05, 0) is 61.9 Å². The molecular weight excluding hydrogens is 424 g/mol. The van der Waals surface area contributed by atoms with Crippen molar-refractivity contribution in [3.63, 3.8) is 0 Å². The number of fused-ring (bicyclic) bond motifs is 1. The van der Waals surface area contributed by atoms with Crippen molar-refractivity contribution in [2.45, 2.75) is 26.0 Å². The fourth-order valence-corrected chi connectivity index (χ4v) is 4.45. The Morgan fingerprint density at radius 3 is 2.30 bits per heavy atom. The van der Waals surface area contributed by atoms with E-state index in [0.29, 0.717) is 22.8 Å². The van der Waals surface area contributed by atoms with Crippen LogP contribution in [0.3, 0.4) is 0 Å². The number of nitrogens with zero attached hydrogens (tertiary/aromatic N) is 2. The highest BCUT2D eigenvalue weighted by molar-refractivity contribution is 6.24. The molecule has 5 rings (SSSR count). The number of methoxy groups -OCH3 is 1. The number of carbonyl (C=O) groups is 3. The maximum atomic E-state index is 13.6. The number of imide groups is 1. The summed E-state index contributed by atoms with van der Waals surface area (Å²) in [5.41, 5.74) is 2.40. The zero-order valence-corrected chi connectivity index (χ0v) is 18.3. The van der Waals surface area contributed by atoms with Crippen LogP contribution in [0.15, 0.2) is 65.1 Å². The minimum absolute atomic E-state index is 0.325. The molecule has 3 heterocycles. The fraction of sp³-hybridized carbons (Fsp3) is 0.240. The van der Waals surface area contributed by atoms with Gasteiger partial charge in [-0.2, -0.15) is 0 Å². The molecule has 8 heteroatoms. The number of amides is 2. The lowest BCUT2D eigenvalue weighted by Crippen LogP contribution is -2.37. The first-order valence-electron chi connectivity index (χ1n) is 10.5. The summed E-state index contributed by atoms with van der Waals surface area (Å²) in [7, 11) is 1.29. The van der Waals surface area contributed by atoms with E-state index in [1.807, 2.05) is 50.2 Å². The second-order valence-corrected chi connectivity index (χ2v) is 8.11. The largest absolute Gasteiger partial charge is 0.465 e. The van der Waals surface area contributed by atoms with Crippen LogP contribution in [0.5, 0.6) is 0 Å². The molecule has 2 aromatic carbocycles. The van der Waals surface area contributed by atoms with E-state index >= 15 is 0 Å². The first kappa shape index (κ1) is 21.0. The molecule has 33 heavy (non-hydrogen) atoms. The molecule has 3 aromatic rings. The highest BCUT2D eigenvalue weighted by Crippen LogP contribution is 2.48. The van der Waals surface area contributed by atoms with Crippen molar-refractivity contribution in [2.75, 3.05) is 17.1 Å². The van der Waals surface area contributed by atoms with E-state index in [1.165, 1.54) is 19.2 Å². The molecule has 168 valence electrons. The third-order valence-corrected chi connectivity index (χ3v) is 6.07. The quantitative estimate of drug-likeness (QED) is 0.446. The number of hydroxylamine groups is 1. The number of aryl methyl sites for hydroxylation is 2. The van der Waals surface area contributed by atoms with E-state index in [0.717, 1.165) is 16.2 Å². The topological polar surface area (TPSA) is 89.3 Å². The number of para-hydroxylation sites is 1. The molecule has 2 aliphatic rings. The van der Waals surface area contributed by atoms with E-state index in [-0.39, 0.29) is 5.91 Å². The van der Waals surface area contributed by atoms with Gasteiger partial charge in [-0.1, -0.05) is 18.2 Å². The van der Waals surface area contributed by atoms with E-state index in [1.54, 1.807) is 17.2 Å². The van der Waals surface area contributed by atoms with Crippen molar-refractivity contribution in [1.29, 1.82) is 0 Å². The van der Waals surface area contributed by atoms with Crippen LogP contribution in [-0.2, 0) is 19.2 Å². The fourth-order valence-electron chi connectivity index (χ4n) is 4.45. The monoisotopic (exact) mass is 446 g/mol. The lowest BCUT2D eigenvalue weighted by Gasteiger charge is -2.28. The average Bonchev–Trinajstić information content (AvgIpc) is 3.48. The number of hydrogen-bond donors (Lipinski definition) is 0. The maximum Gasteiger partial charge on any atom is 0.337 e. The van der Waals surface area contributed by atoms with Gasteiger partial charge >= 0.3 is 5.97 Å². The van der Waals surface area contributed by atoms with Gasteiger partial charge in [0.15, 0.2) is 6.10 Å². The van der Waals surface area contributed by atoms with Crippen molar-refractivity contribution >= 4 is 29.2 Å². The van der Waals surface area contributed by atoms with Gasteiger partial charge in [-0.25, -0.2) is 14.8 Å². The standard InChI is InChI=1S/C25H22N2O6/c1-14-6-4-5-7-18(14)27-21(19-13-8-15(2)32-19)20-22(33-27)24(29)26(23(20)28)17-11-9-16(10-12-17)25(30)31-3/h4-13,20-22H,1-3H3/t20-,21-,22-/m1/s1. The third kappa shape index (κ3) is 3.30. The van der Waals surface area contributed by atoms with Gasteiger partial charge in [-0.15, -0.1) is 0 Å². The van der Waals surface area contributed by atoms with Gasteiger partial charge in [0.1, 0.15) is 23.5 Å². The van der Waals surface area contributed by atoms with Gasteiger partial charge in [0, 0.05) is 0 Å². The molecule has 3 atom stereocenters. The van der Waals surface area contributed by atoms with Crippen molar-refractivity contribution < 1.29 is 28.4 Å². The molecule has 2 saturated heterocycles. The summed E-state index contributed by atoms with van der Waals surface area (Å²) in [4.78, 5) is 45.9. The summed E-state index contributed by atoms with van der Waals surface area (Å²) in [5.74, 6) is -0.880. The Hall–Kier alpha value is -3.91. The van der Waals surface area contributed by atoms with Crippen LogP contribution in [-0.4, -0.2) is 31.0 Å². The van der Waals surface area contributed by atoms with Gasteiger partial charge in [-0.3, -0.25) is 14.4 Å². The normalized spacial score (nSPS) is 22.1. The summed E-state index contributed by atoms with van der Waals surface area (Å²) >= 11 is 0. The predicted molar refractivity (Wildman–Crippen MR) is 118 cm³/mol. The molecule has 1 aromatic heterocycles. The van der Waals surface area contributed by atoms with Gasteiger partial charge in [0.25, 0.3) is 5.91 Å². The Morgan fingerprint density at radius 2 is 1.67 bits per heavy atom. The molecule has 0 aliphatic carbocycles. The number of anilines is 2. The Bertz CT molecular complexity index is 1250. The van der Waals surface area contributed by atoms with E-state index < -0.39 is 29.9 Å². The Kier molecular flexibility index (Phi) is 5.02. The minimum Gasteiger partial charge on any atom is -0.465 e. The molecule has 0 spiro atoms. The SMILES string of the molecule is COC(=O)c1ccc(N2C(=O)[C@@H]3[C@@H](c4ccc(C)o4)N(c4ccccc4C)O[C@H]3C2=O)cc1. The number of benzene rings is 2. The average molecular weight is 446 g/mol. The summed E-state index contributed by atoms with van der Waals surface area (Å²) in [6, 6.07) is 16.8. The molecule has 0 saturated carbocycles. The van der Waals surface area contributed by atoms with Crippen LogP contribution in [0.2, 0.25) is 0 Å². The Morgan fingerprint density at radius 1 is 0.939 bits per heavy atom. The molecule has 0 bridgehead atoms. The Labute approximate surface area is 190 Å². The summed E-state index contributed by atoms with van der Waals surface area (Å²) in [5, 5.41) is 1.62. The van der Waals surface area contributed by atoms with Crippen molar-refractivity contribution in [3.8, 4) is 0 Å². The van der Waals surface area contributed by atoms with E-state index in [2.05, 4.69) is 0 Å². The van der Waals surface area contributed by atoms with Gasteiger partial charge in [0.05, 0.1) is 24.0 Å². The molecular formula is C25H22N2O6. The first-order chi connectivity index (χ1) is 15.9. The Balaban J connectivity index is 1.53. The smallest absolute Gasteiger partial charge is 0.337 e. The molecule has 0 radical (unpaired) electrons. The number of furan rings is 1.